The molecule has 0 radical (unpaired) electrons. The molecule has 0 saturated heterocycles. The van der Waals surface area contributed by atoms with Crippen molar-refractivity contribution in [2.75, 3.05) is 13.7 Å². The van der Waals surface area contributed by atoms with Crippen LogP contribution in [0.25, 0.3) is 24.3 Å². The number of nitrogens with one attached hydrogen (secondary N) is 2. The SMILES string of the molecule is COc1cc(OCC2C=CC=CN2)ccc1/C=C/c1cc(/C=C/c2ccnn2C)[nH]n1. The molecule has 1 atom stereocenters. The van der Waals surface area contributed by atoms with Gasteiger partial charge < -0.3 is 14.8 Å². The molecule has 0 spiro atoms. The van der Waals surface area contributed by atoms with Gasteiger partial charge in [0.25, 0.3) is 0 Å². The van der Waals surface area contributed by atoms with Crippen molar-refractivity contribution < 1.29 is 9.47 Å². The maximum absolute atomic E-state index is 5.89. The molecule has 2 aromatic heterocycles. The number of H-pyrrole nitrogens is 1. The highest BCUT2D eigenvalue weighted by Crippen LogP contribution is 2.26. The summed E-state index contributed by atoms with van der Waals surface area (Å²) < 4.78 is 13.2. The first-order valence-electron chi connectivity index (χ1n) is 10.0. The number of ether oxygens (including phenoxy) is 2. The number of allylic oxidation sites excluding steroid dienone is 2. The Bertz CT molecular complexity index is 1140. The normalized spacial score (nSPS) is 15.6. The second kappa shape index (κ2) is 9.67. The lowest BCUT2D eigenvalue weighted by Gasteiger charge is -2.17. The minimum atomic E-state index is 0.163. The quantitative estimate of drug-likeness (QED) is 0.583. The second-order valence-electron chi connectivity index (χ2n) is 7.03. The zero-order valence-corrected chi connectivity index (χ0v) is 17.5. The first-order chi connectivity index (χ1) is 15.2. The lowest BCUT2D eigenvalue weighted by molar-refractivity contribution is 0.292. The summed E-state index contributed by atoms with van der Waals surface area (Å²) >= 11 is 0. The molecule has 7 heteroatoms. The van der Waals surface area contributed by atoms with E-state index >= 15 is 0 Å². The molecule has 1 aliphatic rings. The molecule has 1 aromatic carbocycles. The Kier molecular flexibility index (Phi) is 6.32. The number of dihydropyridines is 1. The summed E-state index contributed by atoms with van der Waals surface area (Å²) in [6.07, 6.45) is 17.6. The van der Waals surface area contributed by atoms with E-state index in [1.165, 1.54) is 0 Å². The lowest BCUT2D eigenvalue weighted by atomic mass is 10.1. The molecule has 1 aliphatic heterocycles. The molecule has 7 nitrogen and oxygen atoms in total. The number of hydrogen-bond acceptors (Lipinski definition) is 5. The van der Waals surface area contributed by atoms with Crippen molar-refractivity contribution in [2.45, 2.75) is 6.04 Å². The number of nitrogens with zero attached hydrogens (tertiary/aromatic N) is 3. The summed E-state index contributed by atoms with van der Waals surface area (Å²) in [5.41, 5.74) is 3.71. The van der Waals surface area contributed by atoms with Gasteiger partial charge in [-0.15, -0.1) is 0 Å². The van der Waals surface area contributed by atoms with Gasteiger partial charge in [-0.25, -0.2) is 0 Å². The molecule has 3 aromatic rings. The van der Waals surface area contributed by atoms with Gasteiger partial charge in [0.15, 0.2) is 0 Å². The number of aromatic nitrogens is 4. The molecule has 0 amide bonds. The highest BCUT2D eigenvalue weighted by atomic mass is 16.5. The Balaban J connectivity index is 1.39. The van der Waals surface area contributed by atoms with Gasteiger partial charge in [0, 0.05) is 24.9 Å². The smallest absolute Gasteiger partial charge is 0.129 e. The van der Waals surface area contributed by atoms with Gasteiger partial charge in [-0.2, -0.15) is 10.2 Å². The van der Waals surface area contributed by atoms with E-state index in [2.05, 4.69) is 26.7 Å². The van der Waals surface area contributed by atoms with Crippen LogP contribution in [0.15, 0.2) is 61.0 Å². The predicted octanol–water partition coefficient (Wildman–Crippen LogP) is 3.91. The van der Waals surface area contributed by atoms with E-state index in [-0.39, 0.29) is 6.04 Å². The van der Waals surface area contributed by atoms with Crippen LogP contribution in [-0.2, 0) is 7.05 Å². The first kappa shape index (κ1) is 20.3. The molecule has 0 aliphatic carbocycles. The monoisotopic (exact) mass is 415 g/mol. The first-order valence-corrected chi connectivity index (χ1v) is 10.0. The Hall–Kier alpha value is -4.00. The summed E-state index contributed by atoms with van der Waals surface area (Å²) in [7, 11) is 3.56. The minimum absolute atomic E-state index is 0.163. The highest BCUT2D eigenvalue weighted by molar-refractivity contribution is 5.73. The molecule has 4 rings (SSSR count). The fourth-order valence-electron chi connectivity index (χ4n) is 3.12. The highest BCUT2D eigenvalue weighted by Gasteiger charge is 2.08. The van der Waals surface area contributed by atoms with Crippen molar-refractivity contribution in [1.29, 1.82) is 0 Å². The summed E-state index contributed by atoms with van der Waals surface area (Å²) in [6, 6.07) is 9.91. The van der Waals surface area contributed by atoms with Crippen LogP contribution >= 0.6 is 0 Å². The van der Waals surface area contributed by atoms with Gasteiger partial charge in [0.1, 0.15) is 18.1 Å². The van der Waals surface area contributed by atoms with Gasteiger partial charge in [-0.1, -0.05) is 12.2 Å². The third-order valence-electron chi connectivity index (χ3n) is 4.84. The standard InChI is InChI=1S/C24H25N5O2/c1-29-22(12-14-26-29)10-9-20-15-19(27-28-20)8-6-18-7-11-23(16-24(18)30-2)31-17-21-5-3-4-13-25-21/h3-16,21,25H,17H2,1-2H3,(H,27,28)/b8-6+,10-9+. The zero-order chi connectivity index (χ0) is 21.5. The number of benzene rings is 1. The maximum Gasteiger partial charge on any atom is 0.129 e. The van der Waals surface area contributed by atoms with E-state index in [9.17, 15) is 0 Å². The van der Waals surface area contributed by atoms with Crippen LogP contribution < -0.4 is 14.8 Å². The summed E-state index contributed by atoms with van der Waals surface area (Å²) in [5, 5.41) is 14.8. The molecular weight excluding hydrogens is 390 g/mol. The van der Waals surface area contributed by atoms with Gasteiger partial charge in [0.05, 0.1) is 30.2 Å². The fraction of sp³-hybridized carbons (Fsp3) is 0.167. The van der Waals surface area contributed by atoms with Crippen molar-refractivity contribution in [3.63, 3.8) is 0 Å². The van der Waals surface area contributed by atoms with Crippen LogP contribution in [0.1, 0.15) is 22.6 Å². The van der Waals surface area contributed by atoms with Crippen LogP contribution in [0.4, 0.5) is 0 Å². The van der Waals surface area contributed by atoms with E-state index in [0.717, 1.165) is 34.1 Å². The number of hydrogen-bond donors (Lipinski definition) is 2. The van der Waals surface area contributed by atoms with E-state index in [0.29, 0.717) is 6.61 Å². The van der Waals surface area contributed by atoms with Gasteiger partial charge in [-0.05, 0) is 60.8 Å². The molecule has 0 saturated carbocycles. The largest absolute Gasteiger partial charge is 0.496 e. The average Bonchev–Trinajstić information content (AvgIpc) is 3.44. The fourth-order valence-corrected chi connectivity index (χ4v) is 3.12. The van der Waals surface area contributed by atoms with Crippen LogP contribution in [0.2, 0.25) is 0 Å². The molecule has 3 heterocycles. The molecular formula is C24H25N5O2. The van der Waals surface area contributed by atoms with Crippen molar-refractivity contribution in [3.8, 4) is 11.5 Å². The number of aromatic amines is 1. The van der Waals surface area contributed by atoms with Crippen molar-refractivity contribution >= 4 is 24.3 Å². The molecule has 0 bridgehead atoms. The Morgan fingerprint density at radius 3 is 2.81 bits per heavy atom. The van der Waals surface area contributed by atoms with Crippen LogP contribution in [0.3, 0.4) is 0 Å². The average molecular weight is 415 g/mol. The van der Waals surface area contributed by atoms with Gasteiger partial charge >= 0.3 is 0 Å². The minimum Gasteiger partial charge on any atom is -0.496 e. The van der Waals surface area contributed by atoms with Gasteiger partial charge in [-0.3, -0.25) is 9.78 Å². The number of rotatable bonds is 8. The number of aryl methyl sites for hydroxylation is 1. The van der Waals surface area contributed by atoms with E-state index in [1.807, 2.05) is 84.7 Å². The topological polar surface area (TPSA) is 77.0 Å². The molecule has 1 unspecified atom stereocenters. The van der Waals surface area contributed by atoms with E-state index in [4.69, 9.17) is 9.47 Å². The maximum atomic E-state index is 5.89. The zero-order valence-electron chi connectivity index (χ0n) is 17.5. The van der Waals surface area contributed by atoms with Crippen molar-refractivity contribution in [3.05, 3.63) is 83.6 Å². The Labute approximate surface area is 181 Å². The van der Waals surface area contributed by atoms with Crippen molar-refractivity contribution in [2.24, 2.45) is 7.05 Å². The number of methoxy groups -OCH3 is 1. The third kappa shape index (κ3) is 5.33. The Morgan fingerprint density at radius 1 is 1.10 bits per heavy atom. The van der Waals surface area contributed by atoms with E-state index < -0.39 is 0 Å². The molecule has 31 heavy (non-hydrogen) atoms. The van der Waals surface area contributed by atoms with Crippen LogP contribution in [0.5, 0.6) is 11.5 Å². The molecule has 158 valence electrons. The Morgan fingerprint density at radius 2 is 2.03 bits per heavy atom. The van der Waals surface area contributed by atoms with Crippen molar-refractivity contribution in [1.82, 2.24) is 25.3 Å². The predicted molar refractivity (Wildman–Crippen MR) is 123 cm³/mol. The summed E-state index contributed by atoms with van der Waals surface area (Å²) in [4.78, 5) is 0. The van der Waals surface area contributed by atoms with E-state index in [1.54, 1.807) is 13.3 Å². The third-order valence-corrected chi connectivity index (χ3v) is 4.84. The lowest BCUT2D eigenvalue weighted by Crippen LogP contribution is -2.30. The summed E-state index contributed by atoms with van der Waals surface area (Å²) in [6.45, 7) is 0.543. The molecule has 0 fully saturated rings. The molecule has 2 N–H and O–H groups in total. The van der Waals surface area contributed by atoms with Crippen LogP contribution in [-0.4, -0.2) is 39.7 Å². The second-order valence-corrected chi connectivity index (χ2v) is 7.03. The van der Waals surface area contributed by atoms with Gasteiger partial charge in [0.2, 0.25) is 0 Å². The summed E-state index contributed by atoms with van der Waals surface area (Å²) in [5.74, 6) is 1.51. The van der Waals surface area contributed by atoms with Crippen LogP contribution in [0, 0.1) is 0 Å².